The zero-order chi connectivity index (χ0) is 20.3. The number of halogens is 1. The molecule has 1 aliphatic rings. The fourth-order valence-electron chi connectivity index (χ4n) is 2.93. The van der Waals surface area contributed by atoms with Crippen LogP contribution in [0.1, 0.15) is 28.8 Å². The fraction of sp³-hybridized carbons (Fsp3) is 0.278. The van der Waals surface area contributed by atoms with Crippen molar-refractivity contribution in [3.05, 3.63) is 68.7 Å². The molecule has 1 aliphatic heterocycles. The minimum absolute atomic E-state index is 0.0351. The van der Waals surface area contributed by atoms with Crippen LogP contribution >= 0.6 is 11.6 Å². The molecule has 0 aliphatic carbocycles. The van der Waals surface area contributed by atoms with Crippen molar-refractivity contribution in [3.8, 4) is 0 Å². The maximum Gasteiger partial charge on any atom is 0.340 e. The minimum atomic E-state index is -3.72. The summed E-state index contributed by atoms with van der Waals surface area (Å²) in [5.74, 6) is -0.860. The Morgan fingerprint density at radius 2 is 1.86 bits per heavy atom. The lowest BCUT2D eigenvalue weighted by Gasteiger charge is -2.16. The van der Waals surface area contributed by atoms with Crippen LogP contribution in [0.3, 0.4) is 0 Å². The van der Waals surface area contributed by atoms with Gasteiger partial charge in [-0.25, -0.2) is 13.2 Å². The monoisotopic (exact) mass is 424 g/mol. The van der Waals surface area contributed by atoms with Crippen LogP contribution in [-0.4, -0.2) is 36.7 Å². The topological polar surface area (TPSA) is 107 Å². The number of sulfonamides is 1. The van der Waals surface area contributed by atoms with Gasteiger partial charge in [0.1, 0.15) is 6.61 Å². The third kappa shape index (κ3) is 4.16. The van der Waals surface area contributed by atoms with E-state index in [9.17, 15) is 23.3 Å². The largest absolute Gasteiger partial charge is 0.457 e. The van der Waals surface area contributed by atoms with Crippen LogP contribution in [-0.2, 0) is 21.4 Å². The zero-order valence-electron chi connectivity index (χ0n) is 14.7. The van der Waals surface area contributed by atoms with Gasteiger partial charge in [0.2, 0.25) is 10.0 Å². The van der Waals surface area contributed by atoms with Crippen molar-refractivity contribution >= 4 is 33.3 Å². The molecule has 148 valence electrons. The van der Waals surface area contributed by atoms with Crippen molar-refractivity contribution < 1.29 is 22.9 Å². The third-order valence-corrected chi connectivity index (χ3v) is 6.63. The first kappa shape index (κ1) is 20.2. The van der Waals surface area contributed by atoms with Gasteiger partial charge in [-0.3, -0.25) is 10.1 Å². The van der Waals surface area contributed by atoms with Crippen LogP contribution in [0.2, 0.25) is 5.02 Å². The van der Waals surface area contributed by atoms with E-state index in [4.69, 9.17) is 16.3 Å². The lowest BCUT2D eigenvalue weighted by molar-refractivity contribution is -0.385. The van der Waals surface area contributed by atoms with Crippen LogP contribution in [0.25, 0.3) is 0 Å². The Labute approximate surface area is 166 Å². The average Bonchev–Trinajstić information content (AvgIpc) is 3.22. The molecule has 0 amide bonds. The molecule has 0 bridgehead atoms. The molecule has 0 aromatic heterocycles. The number of esters is 1. The molecule has 2 aromatic rings. The Hall–Kier alpha value is -2.49. The number of nitrogens with zero attached hydrogens (tertiary/aromatic N) is 2. The van der Waals surface area contributed by atoms with E-state index in [1.165, 1.54) is 40.7 Å². The van der Waals surface area contributed by atoms with E-state index in [0.29, 0.717) is 13.1 Å². The smallest absolute Gasteiger partial charge is 0.340 e. The molecule has 0 radical (unpaired) electrons. The van der Waals surface area contributed by atoms with Gasteiger partial charge in [0.15, 0.2) is 0 Å². The summed E-state index contributed by atoms with van der Waals surface area (Å²) < 4.78 is 31.9. The van der Waals surface area contributed by atoms with Crippen molar-refractivity contribution in [3.63, 3.8) is 0 Å². The normalized spacial score (nSPS) is 14.8. The third-order valence-electron chi connectivity index (χ3n) is 4.41. The number of ether oxygens (including phenoxy) is 1. The van der Waals surface area contributed by atoms with Gasteiger partial charge in [-0.2, -0.15) is 4.31 Å². The molecule has 28 heavy (non-hydrogen) atoms. The summed E-state index contributed by atoms with van der Waals surface area (Å²) in [6.07, 6.45) is 1.58. The maximum absolute atomic E-state index is 12.7. The predicted octanol–water partition coefficient (Wildman–Crippen LogP) is 3.39. The summed E-state index contributed by atoms with van der Waals surface area (Å²) in [6.45, 7) is 0.528. The van der Waals surface area contributed by atoms with Gasteiger partial charge < -0.3 is 4.74 Å². The first-order valence-corrected chi connectivity index (χ1v) is 10.3. The SMILES string of the molecule is O=C(OCc1ccccc1[N+](=O)[O-])c1cc(S(=O)(=O)N2CCCC2)ccc1Cl. The Morgan fingerprint density at radius 3 is 2.54 bits per heavy atom. The number of hydrogen-bond acceptors (Lipinski definition) is 6. The number of benzene rings is 2. The highest BCUT2D eigenvalue weighted by atomic mass is 35.5. The van der Waals surface area contributed by atoms with Gasteiger partial charge in [0.25, 0.3) is 5.69 Å². The molecular weight excluding hydrogens is 408 g/mol. The molecule has 0 unspecified atom stereocenters. The quantitative estimate of drug-likeness (QED) is 0.399. The average molecular weight is 425 g/mol. The lowest BCUT2D eigenvalue weighted by atomic mass is 10.2. The summed E-state index contributed by atoms with van der Waals surface area (Å²) in [7, 11) is -3.72. The highest BCUT2D eigenvalue weighted by Crippen LogP contribution is 2.26. The molecule has 8 nitrogen and oxygen atoms in total. The van der Waals surface area contributed by atoms with Crippen molar-refractivity contribution in [1.29, 1.82) is 0 Å². The number of nitro groups is 1. The van der Waals surface area contributed by atoms with Crippen molar-refractivity contribution in [2.75, 3.05) is 13.1 Å². The molecule has 1 saturated heterocycles. The molecular formula is C18H17ClN2O6S. The number of para-hydroxylation sites is 1. The first-order valence-electron chi connectivity index (χ1n) is 8.50. The second-order valence-electron chi connectivity index (χ2n) is 6.21. The van der Waals surface area contributed by atoms with Gasteiger partial charge >= 0.3 is 5.97 Å². The fourth-order valence-corrected chi connectivity index (χ4v) is 4.67. The summed E-state index contributed by atoms with van der Waals surface area (Å²) >= 11 is 6.05. The number of carbonyl (C=O) groups is 1. The molecule has 1 heterocycles. The summed E-state index contributed by atoms with van der Waals surface area (Å²) in [5.41, 5.74) is -0.0647. The molecule has 0 spiro atoms. The number of rotatable bonds is 6. The number of hydrogen-bond donors (Lipinski definition) is 0. The molecule has 3 rings (SSSR count). The Bertz CT molecular complexity index is 1020. The highest BCUT2D eigenvalue weighted by Gasteiger charge is 2.28. The summed E-state index contributed by atoms with van der Waals surface area (Å²) in [6, 6.07) is 9.72. The van der Waals surface area contributed by atoms with Crippen LogP contribution in [0, 0.1) is 10.1 Å². The van der Waals surface area contributed by atoms with E-state index in [1.54, 1.807) is 6.07 Å². The molecule has 0 atom stereocenters. The molecule has 1 fully saturated rings. The van der Waals surface area contributed by atoms with Crippen LogP contribution in [0.5, 0.6) is 0 Å². The summed E-state index contributed by atoms with van der Waals surface area (Å²) in [5, 5.41) is 11.1. The van der Waals surface area contributed by atoms with Gasteiger partial charge in [-0.15, -0.1) is 0 Å². The van der Waals surface area contributed by atoms with E-state index in [0.717, 1.165) is 12.8 Å². The maximum atomic E-state index is 12.7. The second-order valence-corrected chi connectivity index (χ2v) is 8.56. The Kier molecular flexibility index (Phi) is 5.97. The van der Waals surface area contributed by atoms with Crippen molar-refractivity contribution in [1.82, 2.24) is 4.31 Å². The standard InChI is InChI=1S/C18H17ClN2O6S/c19-16-8-7-14(28(25,26)20-9-3-4-10-20)11-15(16)18(22)27-12-13-5-1-2-6-17(13)21(23)24/h1-2,5-8,11H,3-4,9-10,12H2. The van der Waals surface area contributed by atoms with E-state index in [1.807, 2.05) is 0 Å². The van der Waals surface area contributed by atoms with Crippen molar-refractivity contribution in [2.24, 2.45) is 0 Å². The van der Waals surface area contributed by atoms with Gasteiger partial charge in [-0.1, -0.05) is 23.7 Å². The zero-order valence-corrected chi connectivity index (χ0v) is 16.3. The van der Waals surface area contributed by atoms with Crippen LogP contribution < -0.4 is 0 Å². The first-order chi connectivity index (χ1) is 13.3. The lowest BCUT2D eigenvalue weighted by Crippen LogP contribution is -2.28. The van der Waals surface area contributed by atoms with E-state index in [2.05, 4.69) is 0 Å². The molecule has 2 aromatic carbocycles. The second kappa shape index (κ2) is 8.26. The number of nitro benzene ring substituents is 1. The van der Waals surface area contributed by atoms with Crippen molar-refractivity contribution in [2.45, 2.75) is 24.3 Å². The molecule has 0 N–H and O–H groups in total. The highest BCUT2D eigenvalue weighted by molar-refractivity contribution is 7.89. The number of carbonyl (C=O) groups excluding carboxylic acids is 1. The Morgan fingerprint density at radius 1 is 1.18 bits per heavy atom. The van der Waals surface area contributed by atoms with Crippen LogP contribution in [0.4, 0.5) is 5.69 Å². The van der Waals surface area contributed by atoms with Gasteiger partial charge in [0, 0.05) is 19.2 Å². The summed E-state index contributed by atoms with van der Waals surface area (Å²) in [4.78, 5) is 22.9. The van der Waals surface area contributed by atoms with Crippen LogP contribution in [0.15, 0.2) is 47.4 Å². The molecule has 0 saturated carbocycles. The van der Waals surface area contributed by atoms with Gasteiger partial charge in [0.05, 0.1) is 26.0 Å². The Balaban J connectivity index is 1.82. The van der Waals surface area contributed by atoms with Gasteiger partial charge in [-0.05, 0) is 37.1 Å². The molecule has 10 heteroatoms. The van der Waals surface area contributed by atoms with E-state index >= 15 is 0 Å². The minimum Gasteiger partial charge on any atom is -0.457 e. The predicted molar refractivity (Wildman–Crippen MR) is 102 cm³/mol. The van der Waals surface area contributed by atoms with E-state index < -0.39 is 20.9 Å². The van der Waals surface area contributed by atoms with E-state index in [-0.39, 0.29) is 33.3 Å².